The number of hydrogen-bond acceptors (Lipinski definition) is 7. The number of carbonyl (C=O) groups is 2. The minimum absolute atomic E-state index is 0.00859. The molecule has 190 valence electrons. The number of Topliss-reactive ketones (excluding diaryl/α,β-unsaturated/α-hetero) is 1. The molecule has 2 N–H and O–H groups in total. The zero-order chi connectivity index (χ0) is 26.1. The number of methoxy groups -OCH3 is 1. The summed E-state index contributed by atoms with van der Waals surface area (Å²) >= 11 is 0. The first kappa shape index (κ1) is 26.7. The van der Waals surface area contributed by atoms with Crippen LogP contribution in [0.4, 0.5) is 8.78 Å². The van der Waals surface area contributed by atoms with Gasteiger partial charge in [-0.25, -0.2) is 8.78 Å². The average Bonchev–Trinajstić information content (AvgIpc) is 2.77. The highest BCUT2D eigenvalue weighted by molar-refractivity contribution is 7.58. The zero-order valence-electron chi connectivity index (χ0n) is 19.8. The molecule has 1 aromatic carbocycles. The molecule has 2 heterocycles. The molecule has 0 radical (unpaired) electrons. The van der Waals surface area contributed by atoms with Crippen molar-refractivity contribution in [3.8, 4) is 5.75 Å². The summed E-state index contributed by atoms with van der Waals surface area (Å²) in [5, 5.41) is 13.0. The molecule has 3 atom stereocenters. The molecule has 0 fully saturated rings. The molecule has 0 saturated heterocycles. The molecule has 0 aliphatic carbocycles. The zero-order valence-corrected chi connectivity index (χ0v) is 20.7. The van der Waals surface area contributed by atoms with E-state index in [2.05, 4.69) is 5.32 Å². The number of aromatic hydroxyl groups is 1. The Bertz CT molecular complexity index is 1280. The highest BCUT2D eigenvalue weighted by atomic mass is 31.2. The third kappa shape index (κ3) is 5.22. The summed E-state index contributed by atoms with van der Waals surface area (Å²) in [4.78, 5) is 38.9. The van der Waals surface area contributed by atoms with Crippen LogP contribution in [-0.4, -0.2) is 54.0 Å². The fourth-order valence-electron chi connectivity index (χ4n) is 4.35. The van der Waals surface area contributed by atoms with E-state index in [1.807, 2.05) is 0 Å². The number of rotatable bonds is 8. The van der Waals surface area contributed by atoms with Crippen molar-refractivity contribution in [3.63, 3.8) is 0 Å². The lowest BCUT2D eigenvalue weighted by Gasteiger charge is -2.41. The van der Waals surface area contributed by atoms with Crippen LogP contribution in [0.25, 0.3) is 0 Å². The highest BCUT2D eigenvalue weighted by Crippen LogP contribution is 2.51. The number of halogens is 2. The molecule has 3 rings (SSSR count). The fraction of sp³-hybridized carbons (Fsp3) is 0.435. The fourth-order valence-corrected chi connectivity index (χ4v) is 6.53. The molecular formula is C23H27F2N2O7P. The number of hydrogen-bond donors (Lipinski definition) is 2. The summed E-state index contributed by atoms with van der Waals surface area (Å²) in [7, 11) is -1.84. The van der Waals surface area contributed by atoms with Gasteiger partial charge in [-0.1, -0.05) is 6.07 Å². The Morgan fingerprint density at radius 1 is 1.34 bits per heavy atom. The van der Waals surface area contributed by atoms with Crippen molar-refractivity contribution in [3.05, 3.63) is 63.1 Å². The summed E-state index contributed by atoms with van der Waals surface area (Å²) in [6.07, 6.45) is 0.137. The van der Waals surface area contributed by atoms with Crippen LogP contribution in [0.1, 0.15) is 40.3 Å². The van der Waals surface area contributed by atoms with Gasteiger partial charge >= 0.3 is 0 Å². The maximum Gasteiger partial charge on any atom is 0.257 e. The first-order chi connectivity index (χ1) is 16.3. The summed E-state index contributed by atoms with van der Waals surface area (Å²) in [6, 6.07) is 2.84. The number of fused-ring (bicyclic) bond motifs is 1. The van der Waals surface area contributed by atoms with Crippen molar-refractivity contribution in [2.45, 2.75) is 33.0 Å². The van der Waals surface area contributed by atoms with Gasteiger partial charge in [-0.2, -0.15) is 0 Å². The summed E-state index contributed by atoms with van der Waals surface area (Å²) in [6.45, 7) is 4.42. The summed E-state index contributed by atoms with van der Waals surface area (Å²) in [5.74, 6) is -4.18. The number of benzene rings is 1. The van der Waals surface area contributed by atoms with E-state index >= 15 is 0 Å². The number of amides is 1. The molecule has 9 nitrogen and oxygen atoms in total. The smallest absolute Gasteiger partial charge is 0.257 e. The van der Waals surface area contributed by atoms with Crippen molar-refractivity contribution < 1.29 is 37.3 Å². The van der Waals surface area contributed by atoms with Gasteiger partial charge in [-0.15, -0.1) is 0 Å². The minimum atomic E-state index is -3.21. The van der Waals surface area contributed by atoms with Gasteiger partial charge in [0, 0.05) is 44.3 Å². The molecule has 1 aromatic heterocycles. The maximum absolute atomic E-state index is 13.9. The monoisotopic (exact) mass is 512 g/mol. The second-order valence-corrected chi connectivity index (χ2v) is 11.3. The first-order valence-corrected chi connectivity index (χ1v) is 13.1. The van der Waals surface area contributed by atoms with Crippen LogP contribution in [0.5, 0.6) is 5.75 Å². The number of pyridine rings is 1. The van der Waals surface area contributed by atoms with E-state index in [1.54, 1.807) is 6.92 Å². The van der Waals surface area contributed by atoms with Crippen molar-refractivity contribution in [2.75, 3.05) is 26.5 Å². The van der Waals surface area contributed by atoms with Gasteiger partial charge in [0.05, 0.1) is 24.7 Å². The molecule has 1 aliphatic rings. The lowest BCUT2D eigenvalue weighted by molar-refractivity contribution is -0.00695. The molecule has 35 heavy (non-hydrogen) atoms. The Balaban J connectivity index is 1.96. The molecule has 0 saturated carbocycles. The molecule has 1 aliphatic heterocycles. The Hall–Kier alpha value is -2.88. The van der Waals surface area contributed by atoms with E-state index in [1.165, 1.54) is 25.3 Å². The number of ketones is 1. The molecule has 0 bridgehead atoms. The molecule has 3 unspecified atom stereocenters. The molecule has 12 heteroatoms. The summed E-state index contributed by atoms with van der Waals surface area (Å²) < 4.78 is 51.9. The number of carbonyl (C=O) groups excluding carboxylic acids is 2. The Morgan fingerprint density at radius 2 is 2.03 bits per heavy atom. The Kier molecular flexibility index (Phi) is 7.64. The van der Waals surface area contributed by atoms with Crippen LogP contribution in [0.3, 0.4) is 0 Å². The number of nitrogens with one attached hydrogen (secondary N) is 1. The van der Waals surface area contributed by atoms with Crippen LogP contribution < -0.4 is 10.7 Å². The topological polar surface area (TPSA) is 124 Å². The van der Waals surface area contributed by atoms with Gasteiger partial charge in [0.15, 0.2) is 11.5 Å². The maximum atomic E-state index is 13.9. The van der Waals surface area contributed by atoms with E-state index in [0.29, 0.717) is 6.07 Å². The molecule has 2 aromatic rings. The molecule has 1 amide bonds. The molecule has 0 spiro atoms. The van der Waals surface area contributed by atoms with Crippen LogP contribution >= 0.6 is 7.37 Å². The average molecular weight is 512 g/mol. The first-order valence-electron chi connectivity index (χ1n) is 10.8. The van der Waals surface area contributed by atoms with Crippen molar-refractivity contribution in [1.29, 1.82) is 0 Å². The second-order valence-electron chi connectivity index (χ2n) is 8.70. The van der Waals surface area contributed by atoms with Gasteiger partial charge < -0.3 is 24.3 Å². The quantitative estimate of drug-likeness (QED) is 0.522. The van der Waals surface area contributed by atoms with Gasteiger partial charge in [0.2, 0.25) is 12.8 Å². The number of nitrogens with zero attached hydrogens (tertiary/aromatic N) is 1. The standard InChI is InChI=1S/C23H27F2N2O7P/c1-5-34-35(4,32)12-23(2)17(33-3)11-27-10-15(19(28)20(29)18(27)21(23)30)22(31)26-9-13-6-7-14(24)8-16(13)25/h6-8,10,17,29H,5,9,11-12H2,1-4H3,(H,26,31). The number of aromatic nitrogens is 1. The van der Waals surface area contributed by atoms with E-state index in [9.17, 15) is 32.8 Å². The summed E-state index contributed by atoms with van der Waals surface area (Å²) in [5.41, 5.74) is -3.28. The van der Waals surface area contributed by atoms with Crippen molar-refractivity contribution >= 4 is 19.1 Å². The lowest BCUT2D eigenvalue weighted by atomic mass is 9.77. The van der Waals surface area contributed by atoms with Crippen LogP contribution in [-0.2, 0) is 26.9 Å². The van der Waals surface area contributed by atoms with Gasteiger partial charge in [-0.3, -0.25) is 18.9 Å². The Labute approximate surface area is 200 Å². The normalized spacial score (nSPS) is 21.3. The minimum Gasteiger partial charge on any atom is -0.503 e. The highest BCUT2D eigenvalue weighted by Gasteiger charge is 2.51. The predicted molar refractivity (Wildman–Crippen MR) is 123 cm³/mol. The van der Waals surface area contributed by atoms with Gasteiger partial charge in [-0.05, 0) is 19.9 Å². The van der Waals surface area contributed by atoms with Crippen molar-refractivity contribution in [2.24, 2.45) is 5.41 Å². The van der Waals surface area contributed by atoms with E-state index < -0.39 is 59.0 Å². The lowest BCUT2D eigenvalue weighted by Crippen LogP contribution is -2.51. The third-order valence-electron chi connectivity index (χ3n) is 6.06. The predicted octanol–water partition coefficient (Wildman–Crippen LogP) is 2.92. The Morgan fingerprint density at radius 3 is 2.63 bits per heavy atom. The van der Waals surface area contributed by atoms with Crippen LogP contribution in [0.15, 0.2) is 29.2 Å². The number of ether oxygens (including phenoxy) is 1. The largest absolute Gasteiger partial charge is 0.503 e. The van der Waals surface area contributed by atoms with Gasteiger partial charge in [0.1, 0.15) is 22.9 Å². The SMILES string of the molecule is CCOP(C)(=O)CC1(C)C(=O)c2c(O)c(=O)c(C(=O)NCc3ccc(F)cc3F)cn2CC1OC. The third-order valence-corrected chi connectivity index (χ3v) is 8.10. The van der Waals surface area contributed by atoms with Crippen molar-refractivity contribution in [1.82, 2.24) is 9.88 Å². The van der Waals surface area contributed by atoms with Crippen LogP contribution in [0, 0.1) is 17.0 Å². The second kappa shape index (κ2) is 10.0. The molecular weight excluding hydrogens is 485 g/mol. The van der Waals surface area contributed by atoms with Gasteiger partial charge in [0.25, 0.3) is 5.91 Å². The van der Waals surface area contributed by atoms with E-state index in [-0.39, 0.29) is 37.1 Å². The van der Waals surface area contributed by atoms with E-state index in [4.69, 9.17) is 9.26 Å². The van der Waals surface area contributed by atoms with Crippen LogP contribution in [0.2, 0.25) is 0 Å². The van der Waals surface area contributed by atoms with E-state index in [0.717, 1.165) is 18.3 Å².